The molecule has 7 heteroatoms. The van der Waals surface area contributed by atoms with Gasteiger partial charge in [-0.3, -0.25) is 4.79 Å². The van der Waals surface area contributed by atoms with E-state index in [9.17, 15) is 14.0 Å². The van der Waals surface area contributed by atoms with Crippen LogP contribution in [0.15, 0.2) is 18.2 Å². The Kier molecular flexibility index (Phi) is 3.84. The summed E-state index contributed by atoms with van der Waals surface area (Å²) in [5, 5.41) is 19.9. The third-order valence-corrected chi connectivity index (χ3v) is 3.17. The van der Waals surface area contributed by atoms with E-state index in [2.05, 4.69) is 5.32 Å². The zero-order valence-electron chi connectivity index (χ0n) is 10.5. The summed E-state index contributed by atoms with van der Waals surface area (Å²) < 4.78 is 13.4. The van der Waals surface area contributed by atoms with Crippen molar-refractivity contribution in [3.8, 4) is 6.07 Å². The Labute approximate surface area is 114 Å². The molecule has 104 valence electrons. The number of hydrogen-bond acceptors (Lipinski definition) is 3. The fraction of sp³-hybridized carbons (Fsp3) is 0.308. The molecule has 0 bridgehead atoms. The monoisotopic (exact) mass is 277 g/mol. The van der Waals surface area contributed by atoms with Gasteiger partial charge in [0.2, 0.25) is 0 Å². The lowest BCUT2D eigenvalue weighted by Crippen LogP contribution is -2.33. The van der Waals surface area contributed by atoms with Crippen LogP contribution in [0.5, 0.6) is 0 Å². The van der Waals surface area contributed by atoms with Gasteiger partial charge in [-0.15, -0.1) is 0 Å². The van der Waals surface area contributed by atoms with Gasteiger partial charge in [-0.05, 0) is 24.6 Å². The van der Waals surface area contributed by atoms with E-state index in [1.165, 1.54) is 17.0 Å². The molecule has 1 aliphatic rings. The van der Waals surface area contributed by atoms with Crippen molar-refractivity contribution < 1.29 is 19.1 Å². The molecular weight excluding hydrogens is 265 g/mol. The Bertz CT molecular complexity index is 597. The van der Waals surface area contributed by atoms with Crippen LogP contribution >= 0.6 is 0 Å². The zero-order valence-corrected chi connectivity index (χ0v) is 10.5. The third kappa shape index (κ3) is 2.85. The summed E-state index contributed by atoms with van der Waals surface area (Å²) in [7, 11) is 0. The van der Waals surface area contributed by atoms with Gasteiger partial charge in [-0.25, -0.2) is 9.18 Å². The lowest BCUT2D eigenvalue weighted by Gasteiger charge is -2.16. The maximum atomic E-state index is 13.4. The molecule has 1 saturated heterocycles. The van der Waals surface area contributed by atoms with Crippen LogP contribution in [0.3, 0.4) is 0 Å². The number of carbonyl (C=O) groups excluding carboxylic acids is 1. The van der Waals surface area contributed by atoms with E-state index >= 15 is 0 Å². The number of urea groups is 1. The van der Waals surface area contributed by atoms with Gasteiger partial charge in [0.15, 0.2) is 0 Å². The number of carbonyl (C=O) groups is 2. The molecule has 1 aromatic carbocycles. The molecule has 6 nitrogen and oxygen atoms in total. The van der Waals surface area contributed by atoms with Gasteiger partial charge < -0.3 is 15.3 Å². The second-order valence-corrected chi connectivity index (χ2v) is 4.51. The fourth-order valence-electron chi connectivity index (χ4n) is 2.03. The van der Waals surface area contributed by atoms with E-state index in [-0.39, 0.29) is 17.8 Å². The summed E-state index contributed by atoms with van der Waals surface area (Å²) in [5.74, 6) is -2.20. The summed E-state index contributed by atoms with van der Waals surface area (Å²) in [6.45, 7) is 0.488. The summed E-state index contributed by atoms with van der Waals surface area (Å²) in [5.41, 5.74) is 0.125. The van der Waals surface area contributed by atoms with Crippen LogP contribution in [0.4, 0.5) is 14.9 Å². The Hall–Kier alpha value is -2.62. The van der Waals surface area contributed by atoms with Crippen LogP contribution in [0, 0.1) is 23.1 Å². The van der Waals surface area contributed by atoms with E-state index < -0.39 is 23.7 Å². The molecule has 0 spiro atoms. The molecule has 1 unspecified atom stereocenters. The minimum absolute atomic E-state index is 0.102. The van der Waals surface area contributed by atoms with Crippen molar-refractivity contribution in [1.82, 2.24) is 4.90 Å². The Morgan fingerprint density at radius 1 is 1.50 bits per heavy atom. The van der Waals surface area contributed by atoms with Gasteiger partial charge >= 0.3 is 12.0 Å². The number of halogens is 1. The molecule has 1 heterocycles. The number of rotatable bonds is 2. The SMILES string of the molecule is N#Cc1ccc(NC(=O)N2CCC(C(=O)O)C2)cc1F. The number of carboxylic acids is 1. The third-order valence-electron chi connectivity index (χ3n) is 3.17. The first-order chi connectivity index (χ1) is 9.51. The van der Waals surface area contributed by atoms with Gasteiger partial charge in [0.25, 0.3) is 0 Å². The molecule has 1 fully saturated rings. The van der Waals surface area contributed by atoms with Crippen LogP contribution in [-0.2, 0) is 4.79 Å². The zero-order chi connectivity index (χ0) is 14.7. The van der Waals surface area contributed by atoms with Gasteiger partial charge in [0, 0.05) is 18.8 Å². The highest BCUT2D eigenvalue weighted by Gasteiger charge is 2.30. The van der Waals surface area contributed by atoms with Crippen molar-refractivity contribution in [1.29, 1.82) is 5.26 Å². The molecule has 2 rings (SSSR count). The highest BCUT2D eigenvalue weighted by molar-refractivity contribution is 5.90. The van der Waals surface area contributed by atoms with Gasteiger partial charge in [-0.1, -0.05) is 0 Å². The lowest BCUT2D eigenvalue weighted by atomic mass is 10.1. The summed E-state index contributed by atoms with van der Waals surface area (Å²) in [6.07, 6.45) is 0.407. The number of carboxylic acid groups (broad SMARTS) is 1. The number of likely N-dealkylation sites (tertiary alicyclic amines) is 1. The first-order valence-electron chi connectivity index (χ1n) is 5.99. The second-order valence-electron chi connectivity index (χ2n) is 4.51. The maximum Gasteiger partial charge on any atom is 0.321 e. The first kappa shape index (κ1) is 13.8. The highest BCUT2D eigenvalue weighted by atomic mass is 19.1. The predicted octanol–water partition coefficient (Wildman–Crippen LogP) is 1.64. The van der Waals surface area contributed by atoms with Crippen molar-refractivity contribution in [3.05, 3.63) is 29.6 Å². The molecular formula is C13H12FN3O3. The normalized spacial score (nSPS) is 17.6. The van der Waals surface area contributed by atoms with Crippen LogP contribution in [-0.4, -0.2) is 35.1 Å². The number of aliphatic carboxylic acids is 1. The molecule has 0 radical (unpaired) electrons. The van der Waals surface area contributed by atoms with E-state index in [1.54, 1.807) is 6.07 Å². The number of hydrogen-bond donors (Lipinski definition) is 2. The molecule has 0 aliphatic carbocycles. The number of benzene rings is 1. The second kappa shape index (κ2) is 5.57. The molecule has 1 aliphatic heterocycles. The van der Waals surface area contributed by atoms with Crippen molar-refractivity contribution in [3.63, 3.8) is 0 Å². The van der Waals surface area contributed by atoms with Crippen LogP contribution in [0.1, 0.15) is 12.0 Å². The van der Waals surface area contributed by atoms with Crippen molar-refractivity contribution in [2.45, 2.75) is 6.42 Å². The van der Waals surface area contributed by atoms with Gasteiger partial charge in [-0.2, -0.15) is 5.26 Å². The van der Waals surface area contributed by atoms with Crippen LogP contribution < -0.4 is 5.32 Å². The quantitative estimate of drug-likeness (QED) is 0.859. The molecule has 2 N–H and O–H groups in total. The highest BCUT2D eigenvalue weighted by Crippen LogP contribution is 2.19. The number of anilines is 1. The van der Waals surface area contributed by atoms with E-state index in [4.69, 9.17) is 10.4 Å². The fourth-order valence-corrected chi connectivity index (χ4v) is 2.03. The predicted molar refractivity (Wildman–Crippen MR) is 67.4 cm³/mol. The minimum Gasteiger partial charge on any atom is -0.481 e. The van der Waals surface area contributed by atoms with E-state index in [0.717, 1.165) is 6.07 Å². The largest absolute Gasteiger partial charge is 0.481 e. The van der Waals surface area contributed by atoms with Gasteiger partial charge in [0.1, 0.15) is 11.9 Å². The minimum atomic E-state index is -0.926. The molecule has 0 aromatic heterocycles. The number of nitrogens with zero attached hydrogens (tertiary/aromatic N) is 2. The maximum absolute atomic E-state index is 13.4. The average molecular weight is 277 g/mol. The molecule has 0 saturated carbocycles. The Morgan fingerprint density at radius 2 is 2.25 bits per heavy atom. The van der Waals surface area contributed by atoms with Crippen molar-refractivity contribution in [2.24, 2.45) is 5.92 Å². The summed E-state index contributed by atoms with van der Waals surface area (Å²) in [6, 6.07) is 4.96. The topological polar surface area (TPSA) is 93.4 Å². The number of nitrogens with one attached hydrogen (secondary N) is 1. The number of nitriles is 1. The van der Waals surface area contributed by atoms with Crippen molar-refractivity contribution >= 4 is 17.7 Å². The van der Waals surface area contributed by atoms with Crippen LogP contribution in [0.25, 0.3) is 0 Å². The summed E-state index contributed by atoms with van der Waals surface area (Å²) >= 11 is 0. The van der Waals surface area contributed by atoms with E-state index in [0.29, 0.717) is 13.0 Å². The Morgan fingerprint density at radius 3 is 2.80 bits per heavy atom. The lowest BCUT2D eigenvalue weighted by molar-refractivity contribution is -0.141. The number of amides is 2. The Balaban J connectivity index is 2.01. The van der Waals surface area contributed by atoms with Crippen LogP contribution in [0.2, 0.25) is 0 Å². The molecule has 2 amide bonds. The van der Waals surface area contributed by atoms with E-state index in [1.807, 2.05) is 0 Å². The smallest absolute Gasteiger partial charge is 0.321 e. The first-order valence-corrected chi connectivity index (χ1v) is 5.99. The molecule has 20 heavy (non-hydrogen) atoms. The van der Waals surface area contributed by atoms with Gasteiger partial charge in [0.05, 0.1) is 11.5 Å². The average Bonchev–Trinajstić information content (AvgIpc) is 2.88. The molecule has 1 aromatic rings. The summed E-state index contributed by atoms with van der Waals surface area (Å²) in [4.78, 5) is 24.1. The van der Waals surface area contributed by atoms with Crippen molar-refractivity contribution in [2.75, 3.05) is 18.4 Å². The molecule has 1 atom stereocenters. The standard InChI is InChI=1S/C13H12FN3O3/c14-11-5-10(2-1-8(11)6-15)16-13(20)17-4-3-9(7-17)12(18)19/h1-2,5,9H,3-4,7H2,(H,16,20)(H,18,19).